The first-order valence-corrected chi connectivity index (χ1v) is 12.3. The number of piperidine rings is 1. The van der Waals surface area contributed by atoms with E-state index in [-0.39, 0.29) is 24.3 Å². The number of fused-ring (bicyclic) bond motifs is 1. The number of carbonyl (C=O) groups is 4. The van der Waals surface area contributed by atoms with Crippen LogP contribution in [-0.2, 0) is 25.7 Å². The maximum Gasteiger partial charge on any atom is 0.490 e. The molecule has 210 valence electrons. The largest absolute Gasteiger partial charge is 0.490 e. The number of nitrogens with one attached hydrogen (secondary N) is 1. The highest BCUT2D eigenvalue weighted by Crippen LogP contribution is 2.30. The van der Waals surface area contributed by atoms with E-state index in [0.717, 1.165) is 38.0 Å². The third-order valence-electron chi connectivity index (χ3n) is 6.84. The number of alkyl halides is 3. The molecule has 12 nitrogen and oxygen atoms in total. The van der Waals surface area contributed by atoms with Crippen molar-refractivity contribution in [3.63, 3.8) is 0 Å². The van der Waals surface area contributed by atoms with Crippen LogP contribution in [0, 0.1) is 5.92 Å². The number of benzene rings is 1. The van der Waals surface area contributed by atoms with Crippen molar-refractivity contribution in [1.29, 1.82) is 0 Å². The number of halogens is 3. The monoisotopic (exact) mass is 552 g/mol. The molecule has 1 aromatic carbocycles. The number of hydrogen-bond donors (Lipinski definition) is 3. The topological polar surface area (TPSA) is 170 Å². The summed E-state index contributed by atoms with van der Waals surface area (Å²) in [5.74, 6) is -3.16. The average Bonchev–Trinajstić information content (AvgIpc) is 3.50. The number of nitrogens with two attached hydrogens (primary N) is 1. The molecule has 2 unspecified atom stereocenters. The maximum absolute atomic E-state index is 13.0. The second kappa shape index (κ2) is 11.5. The van der Waals surface area contributed by atoms with E-state index >= 15 is 0 Å². The first-order valence-electron chi connectivity index (χ1n) is 12.3. The van der Waals surface area contributed by atoms with Crippen molar-refractivity contribution >= 4 is 23.7 Å². The molecule has 3 aliphatic rings. The lowest BCUT2D eigenvalue weighted by molar-refractivity contribution is -0.192. The van der Waals surface area contributed by atoms with Gasteiger partial charge in [0.2, 0.25) is 11.8 Å². The zero-order valence-electron chi connectivity index (χ0n) is 20.7. The zero-order chi connectivity index (χ0) is 28.3. The standard InChI is InChI=1S/C22H26N6O4.C2HF3O2/c23-17(9-13-5-7-32-8-6-13)18-12-28(26-25-18)15-2-1-14-11-27(22(31)16(14)10-15)19-3-4-20(29)24-21(19)30;3-2(4,5)1(6)7/h1-2,10,12-13,17,19H,3-9,11,23H2,(H,24,29,30);(H,6,7). The molecule has 2 aromatic rings. The molecule has 1 aromatic heterocycles. The Bertz CT molecular complexity index is 1260. The van der Waals surface area contributed by atoms with E-state index in [1.54, 1.807) is 10.7 Å². The minimum absolute atomic E-state index is 0.203. The Kier molecular flexibility index (Phi) is 8.30. The quantitative estimate of drug-likeness (QED) is 0.465. The fourth-order valence-electron chi connectivity index (χ4n) is 4.72. The van der Waals surface area contributed by atoms with Gasteiger partial charge in [0.1, 0.15) is 6.04 Å². The summed E-state index contributed by atoms with van der Waals surface area (Å²) in [5, 5.41) is 17.9. The molecule has 5 rings (SSSR count). The predicted molar refractivity (Wildman–Crippen MR) is 126 cm³/mol. The van der Waals surface area contributed by atoms with Crippen molar-refractivity contribution in [3.05, 3.63) is 41.2 Å². The molecule has 0 bridgehead atoms. The molecule has 0 radical (unpaired) electrons. The molecule has 2 saturated heterocycles. The molecule has 2 fully saturated rings. The maximum atomic E-state index is 13.0. The number of rotatable bonds is 5. The second-order valence-corrected chi connectivity index (χ2v) is 9.53. The summed E-state index contributed by atoms with van der Waals surface area (Å²) in [7, 11) is 0. The highest BCUT2D eigenvalue weighted by Gasteiger charge is 2.39. The number of carboxylic acid groups (broad SMARTS) is 1. The molecule has 2 atom stereocenters. The van der Waals surface area contributed by atoms with Crippen LogP contribution in [0.2, 0.25) is 0 Å². The summed E-state index contributed by atoms with van der Waals surface area (Å²) in [4.78, 5) is 47.1. The van der Waals surface area contributed by atoms with Crippen LogP contribution in [0.4, 0.5) is 13.2 Å². The highest BCUT2D eigenvalue weighted by molar-refractivity contribution is 6.05. The minimum Gasteiger partial charge on any atom is -0.475 e. The van der Waals surface area contributed by atoms with Gasteiger partial charge in [0.25, 0.3) is 5.91 Å². The third-order valence-corrected chi connectivity index (χ3v) is 6.84. The van der Waals surface area contributed by atoms with Gasteiger partial charge in [-0.1, -0.05) is 11.3 Å². The Hall–Kier alpha value is -3.85. The van der Waals surface area contributed by atoms with Crippen molar-refractivity contribution in [3.8, 4) is 5.69 Å². The molecule has 0 saturated carbocycles. The van der Waals surface area contributed by atoms with Gasteiger partial charge in [0.05, 0.1) is 23.6 Å². The van der Waals surface area contributed by atoms with Crippen molar-refractivity contribution in [2.45, 2.75) is 56.9 Å². The molecule has 0 spiro atoms. The Morgan fingerprint density at radius 3 is 2.54 bits per heavy atom. The van der Waals surface area contributed by atoms with Gasteiger partial charge in [-0.15, -0.1) is 5.10 Å². The van der Waals surface area contributed by atoms with Crippen LogP contribution in [0.25, 0.3) is 5.69 Å². The van der Waals surface area contributed by atoms with Crippen LogP contribution >= 0.6 is 0 Å². The van der Waals surface area contributed by atoms with Crippen molar-refractivity contribution in [1.82, 2.24) is 25.2 Å². The molecule has 3 amide bonds. The first kappa shape index (κ1) is 28.2. The Morgan fingerprint density at radius 2 is 1.90 bits per heavy atom. The summed E-state index contributed by atoms with van der Waals surface area (Å²) < 4.78 is 38.8. The Labute approximate surface area is 220 Å². The van der Waals surface area contributed by atoms with Crippen LogP contribution in [0.15, 0.2) is 24.4 Å². The van der Waals surface area contributed by atoms with Gasteiger partial charge in [0.15, 0.2) is 0 Å². The molecule has 39 heavy (non-hydrogen) atoms. The van der Waals surface area contributed by atoms with Crippen molar-refractivity contribution in [2.24, 2.45) is 11.7 Å². The summed E-state index contributed by atoms with van der Waals surface area (Å²) in [6, 6.07) is 4.69. The van der Waals surface area contributed by atoms with Gasteiger partial charge in [0, 0.05) is 31.7 Å². The van der Waals surface area contributed by atoms with Gasteiger partial charge < -0.3 is 20.5 Å². The smallest absolute Gasteiger partial charge is 0.475 e. The van der Waals surface area contributed by atoms with Gasteiger partial charge in [-0.05, 0) is 49.3 Å². The summed E-state index contributed by atoms with van der Waals surface area (Å²) in [6.45, 7) is 1.91. The first-order chi connectivity index (χ1) is 18.4. The zero-order valence-corrected chi connectivity index (χ0v) is 20.7. The van der Waals surface area contributed by atoms with Crippen LogP contribution in [0.1, 0.15) is 59.8 Å². The highest BCUT2D eigenvalue weighted by atomic mass is 19.4. The van der Waals surface area contributed by atoms with Gasteiger partial charge in [-0.25, -0.2) is 9.48 Å². The van der Waals surface area contributed by atoms with E-state index in [1.807, 2.05) is 18.3 Å². The van der Waals surface area contributed by atoms with Gasteiger partial charge in [-0.3, -0.25) is 19.7 Å². The lowest BCUT2D eigenvalue weighted by Gasteiger charge is -2.29. The fourth-order valence-corrected chi connectivity index (χ4v) is 4.72. The molecule has 4 N–H and O–H groups in total. The number of imide groups is 1. The van der Waals surface area contributed by atoms with Crippen molar-refractivity contribution in [2.75, 3.05) is 13.2 Å². The molecule has 4 heterocycles. The van der Waals surface area contributed by atoms with Crippen LogP contribution in [0.3, 0.4) is 0 Å². The van der Waals surface area contributed by atoms with Crippen LogP contribution in [-0.4, -0.2) is 74.1 Å². The number of aliphatic carboxylic acids is 1. The number of amides is 3. The Balaban J connectivity index is 0.000000448. The normalized spacial score (nSPS) is 20.7. The van der Waals surface area contributed by atoms with E-state index in [0.29, 0.717) is 35.8 Å². The number of hydrogen-bond acceptors (Lipinski definition) is 8. The van der Waals surface area contributed by atoms with Gasteiger partial charge in [-0.2, -0.15) is 13.2 Å². The number of nitrogens with zero attached hydrogens (tertiary/aromatic N) is 4. The average molecular weight is 553 g/mol. The summed E-state index contributed by atoms with van der Waals surface area (Å²) in [5.41, 5.74) is 9.18. The molecule has 15 heteroatoms. The van der Waals surface area contributed by atoms with E-state index in [9.17, 15) is 27.6 Å². The minimum atomic E-state index is -5.08. The molecule has 0 aliphatic carbocycles. The number of carbonyl (C=O) groups excluding carboxylic acids is 3. The molecular formula is C24H27F3N6O6. The second-order valence-electron chi connectivity index (χ2n) is 9.53. The number of carboxylic acids is 1. The van der Waals surface area contributed by atoms with Crippen LogP contribution < -0.4 is 11.1 Å². The van der Waals surface area contributed by atoms with E-state index in [2.05, 4.69) is 15.6 Å². The summed E-state index contributed by atoms with van der Waals surface area (Å²) >= 11 is 0. The summed E-state index contributed by atoms with van der Waals surface area (Å²) in [6.07, 6.45) is 0.165. The number of aromatic nitrogens is 3. The van der Waals surface area contributed by atoms with Crippen molar-refractivity contribution < 1.29 is 42.2 Å². The fraction of sp³-hybridized carbons (Fsp3) is 0.500. The molecular weight excluding hydrogens is 525 g/mol. The molecule has 3 aliphatic heterocycles. The lowest BCUT2D eigenvalue weighted by atomic mass is 9.92. The SMILES string of the molecule is NC(CC1CCOCC1)c1cn(-c2ccc3c(c2)C(=O)N(C2CCC(=O)NC2=O)C3)nn1.O=C(O)C(F)(F)F. The van der Waals surface area contributed by atoms with Gasteiger partial charge >= 0.3 is 12.1 Å². The third kappa shape index (κ3) is 6.60. The van der Waals surface area contributed by atoms with E-state index in [1.165, 1.54) is 4.90 Å². The lowest BCUT2D eigenvalue weighted by Crippen LogP contribution is -2.52. The number of ether oxygens (including phenoxy) is 1. The van der Waals surface area contributed by atoms with Crippen LogP contribution in [0.5, 0.6) is 0 Å². The van der Waals surface area contributed by atoms with E-state index in [4.69, 9.17) is 20.4 Å². The van der Waals surface area contributed by atoms with E-state index < -0.39 is 24.1 Å². The predicted octanol–water partition coefficient (Wildman–Crippen LogP) is 1.48. The Morgan fingerprint density at radius 1 is 1.21 bits per heavy atom.